The number of carbonyl (C=O) groups is 1. The highest BCUT2D eigenvalue weighted by Crippen LogP contribution is 2.22. The summed E-state index contributed by atoms with van der Waals surface area (Å²) < 4.78 is 0. The molecule has 0 aliphatic carbocycles. The lowest BCUT2D eigenvalue weighted by Gasteiger charge is -2.19. The topological polar surface area (TPSA) is 32.3 Å². The molecule has 1 aliphatic heterocycles. The van der Waals surface area contributed by atoms with E-state index in [1.54, 1.807) is 17.0 Å². The zero-order valence-electron chi connectivity index (χ0n) is 11.7. The highest BCUT2D eigenvalue weighted by atomic mass is 35.5. The van der Waals surface area contributed by atoms with Gasteiger partial charge in [0.25, 0.3) is 0 Å². The molecule has 1 fully saturated rings. The van der Waals surface area contributed by atoms with Crippen LogP contribution >= 0.6 is 23.2 Å². The second-order valence-electron chi connectivity index (χ2n) is 5.38. The van der Waals surface area contributed by atoms with E-state index in [4.69, 9.17) is 23.2 Å². The van der Waals surface area contributed by atoms with E-state index >= 15 is 0 Å². The van der Waals surface area contributed by atoms with Crippen molar-refractivity contribution in [3.8, 4) is 0 Å². The van der Waals surface area contributed by atoms with Crippen molar-refractivity contribution >= 4 is 29.1 Å². The van der Waals surface area contributed by atoms with Gasteiger partial charge in [0.1, 0.15) is 0 Å². The number of halogens is 2. The first-order valence-corrected chi connectivity index (χ1v) is 7.70. The summed E-state index contributed by atoms with van der Waals surface area (Å²) in [5, 5.41) is 4.54. The van der Waals surface area contributed by atoms with Crippen molar-refractivity contribution in [3.05, 3.63) is 33.8 Å². The number of rotatable bonds is 5. The van der Waals surface area contributed by atoms with Crippen molar-refractivity contribution in [3.63, 3.8) is 0 Å². The summed E-state index contributed by atoms with van der Waals surface area (Å²) in [6.07, 6.45) is 2.75. The van der Waals surface area contributed by atoms with Crippen molar-refractivity contribution in [2.45, 2.75) is 25.8 Å². The molecule has 110 valence electrons. The molecule has 1 unspecified atom stereocenters. The third kappa shape index (κ3) is 4.37. The van der Waals surface area contributed by atoms with E-state index in [0.717, 1.165) is 25.1 Å². The molecule has 0 spiro atoms. The van der Waals surface area contributed by atoms with Crippen molar-refractivity contribution in [2.24, 2.45) is 5.92 Å². The zero-order valence-corrected chi connectivity index (χ0v) is 13.2. The summed E-state index contributed by atoms with van der Waals surface area (Å²) in [5.41, 5.74) is 0.925. The van der Waals surface area contributed by atoms with Crippen LogP contribution in [0.1, 0.15) is 24.8 Å². The van der Waals surface area contributed by atoms with Gasteiger partial charge < -0.3 is 10.2 Å². The second-order valence-corrected chi connectivity index (χ2v) is 6.23. The van der Waals surface area contributed by atoms with E-state index in [2.05, 4.69) is 5.32 Å². The zero-order chi connectivity index (χ0) is 14.5. The predicted molar refractivity (Wildman–Crippen MR) is 83.1 cm³/mol. The van der Waals surface area contributed by atoms with E-state index < -0.39 is 0 Å². The van der Waals surface area contributed by atoms with Crippen molar-refractivity contribution in [2.75, 3.05) is 20.1 Å². The average molecular weight is 315 g/mol. The smallest absolute Gasteiger partial charge is 0.222 e. The number of hydrogen-bond donors (Lipinski definition) is 1. The molecule has 2 rings (SSSR count). The van der Waals surface area contributed by atoms with Crippen molar-refractivity contribution in [1.29, 1.82) is 0 Å². The standard InChI is InChI=1S/C15H20Cl2N2O/c1-19(10-12-3-4-13(16)8-14(12)17)15(20)5-2-11-6-7-18-9-11/h3-4,8,11,18H,2,5-7,9-10H2,1H3. The summed E-state index contributed by atoms with van der Waals surface area (Å²) in [4.78, 5) is 13.9. The Morgan fingerprint density at radius 1 is 1.45 bits per heavy atom. The highest BCUT2D eigenvalue weighted by Gasteiger charge is 2.17. The van der Waals surface area contributed by atoms with Crippen LogP contribution in [-0.2, 0) is 11.3 Å². The minimum absolute atomic E-state index is 0.169. The van der Waals surface area contributed by atoms with Crippen LogP contribution in [0.4, 0.5) is 0 Å². The molecule has 5 heteroatoms. The number of amides is 1. The van der Waals surface area contributed by atoms with Crippen LogP contribution in [0.2, 0.25) is 10.0 Å². The Labute approximate surface area is 130 Å². The first-order chi connectivity index (χ1) is 9.56. The van der Waals surface area contributed by atoms with Gasteiger partial charge in [0.05, 0.1) is 0 Å². The maximum absolute atomic E-state index is 12.1. The van der Waals surface area contributed by atoms with E-state index in [1.165, 1.54) is 6.42 Å². The molecule has 0 saturated carbocycles. The molecule has 1 atom stereocenters. The molecule has 1 heterocycles. The molecular formula is C15H20Cl2N2O. The number of nitrogens with one attached hydrogen (secondary N) is 1. The van der Waals surface area contributed by atoms with E-state index in [-0.39, 0.29) is 5.91 Å². The highest BCUT2D eigenvalue weighted by molar-refractivity contribution is 6.35. The fourth-order valence-corrected chi connectivity index (χ4v) is 2.94. The van der Waals surface area contributed by atoms with Crippen LogP contribution in [0, 0.1) is 5.92 Å². The van der Waals surface area contributed by atoms with Gasteiger partial charge in [-0.25, -0.2) is 0 Å². The lowest BCUT2D eigenvalue weighted by Crippen LogP contribution is -2.26. The third-order valence-electron chi connectivity index (χ3n) is 3.78. The maximum Gasteiger partial charge on any atom is 0.222 e. The van der Waals surface area contributed by atoms with Gasteiger partial charge in [-0.1, -0.05) is 29.3 Å². The Hall–Kier alpha value is -0.770. The average Bonchev–Trinajstić information content (AvgIpc) is 2.92. The lowest BCUT2D eigenvalue weighted by atomic mass is 10.0. The number of nitrogens with zero attached hydrogens (tertiary/aromatic N) is 1. The van der Waals surface area contributed by atoms with E-state index in [9.17, 15) is 4.79 Å². The largest absolute Gasteiger partial charge is 0.341 e. The van der Waals surface area contributed by atoms with Gasteiger partial charge in [0, 0.05) is 30.1 Å². The van der Waals surface area contributed by atoms with Crippen LogP contribution < -0.4 is 5.32 Å². The van der Waals surface area contributed by atoms with Gasteiger partial charge >= 0.3 is 0 Å². The summed E-state index contributed by atoms with van der Waals surface area (Å²) in [7, 11) is 1.82. The summed E-state index contributed by atoms with van der Waals surface area (Å²) in [6, 6.07) is 5.38. The molecular weight excluding hydrogens is 295 g/mol. The Morgan fingerprint density at radius 3 is 2.90 bits per heavy atom. The van der Waals surface area contributed by atoms with Crippen LogP contribution in [0.15, 0.2) is 18.2 Å². The molecule has 0 bridgehead atoms. The molecule has 1 N–H and O–H groups in total. The molecule has 1 aliphatic rings. The third-order valence-corrected chi connectivity index (χ3v) is 4.36. The van der Waals surface area contributed by atoms with E-state index in [0.29, 0.717) is 28.9 Å². The normalized spacial score (nSPS) is 18.2. The van der Waals surface area contributed by atoms with E-state index in [1.807, 2.05) is 13.1 Å². The number of benzene rings is 1. The monoisotopic (exact) mass is 314 g/mol. The molecule has 3 nitrogen and oxygen atoms in total. The molecule has 1 aromatic carbocycles. The Balaban J connectivity index is 1.83. The molecule has 1 aromatic rings. The summed E-state index contributed by atoms with van der Waals surface area (Å²) in [6.45, 7) is 2.65. The SMILES string of the molecule is CN(Cc1ccc(Cl)cc1Cl)C(=O)CCC1CCNC1. The van der Waals surface area contributed by atoms with Gasteiger partial charge in [-0.2, -0.15) is 0 Å². The van der Waals surface area contributed by atoms with Gasteiger partial charge in [0.15, 0.2) is 0 Å². The quantitative estimate of drug-likeness (QED) is 0.904. The summed E-state index contributed by atoms with van der Waals surface area (Å²) in [5.74, 6) is 0.814. The van der Waals surface area contributed by atoms with Gasteiger partial charge in [-0.15, -0.1) is 0 Å². The molecule has 0 aromatic heterocycles. The number of carbonyl (C=O) groups excluding carboxylic acids is 1. The van der Waals surface area contributed by atoms with Crippen LogP contribution in [0.25, 0.3) is 0 Å². The van der Waals surface area contributed by atoms with Gasteiger partial charge in [0.2, 0.25) is 5.91 Å². The Kier molecular flexibility index (Phi) is 5.70. The second kappa shape index (κ2) is 7.30. The number of hydrogen-bond acceptors (Lipinski definition) is 2. The van der Waals surface area contributed by atoms with Gasteiger partial charge in [-0.3, -0.25) is 4.79 Å². The fraction of sp³-hybridized carbons (Fsp3) is 0.533. The lowest BCUT2D eigenvalue weighted by molar-refractivity contribution is -0.130. The molecule has 1 amide bonds. The predicted octanol–water partition coefficient (Wildman–Crippen LogP) is 3.34. The molecule has 0 radical (unpaired) electrons. The maximum atomic E-state index is 12.1. The van der Waals surface area contributed by atoms with Crippen molar-refractivity contribution < 1.29 is 4.79 Å². The van der Waals surface area contributed by atoms with Crippen molar-refractivity contribution in [1.82, 2.24) is 10.2 Å². The Morgan fingerprint density at radius 2 is 2.25 bits per heavy atom. The minimum atomic E-state index is 0.169. The summed E-state index contributed by atoms with van der Waals surface area (Å²) >= 11 is 12.0. The fourth-order valence-electron chi connectivity index (χ4n) is 2.47. The minimum Gasteiger partial charge on any atom is -0.341 e. The first-order valence-electron chi connectivity index (χ1n) is 6.95. The molecule has 1 saturated heterocycles. The first kappa shape index (κ1) is 15.6. The molecule has 20 heavy (non-hydrogen) atoms. The van der Waals surface area contributed by atoms with Crippen LogP contribution in [0.5, 0.6) is 0 Å². The van der Waals surface area contributed by atoms with Crippen LogP contribution in [0.3, 0.4) is 0 Å². The van der Waals surface area contributed by atoms with Gasteiger partial charge in [-0.05, 0) is 49.5 Å². The Bertz CT molecular complexity index is 473. The van der Waals surface area contributed by atoms with Crippen LogP contribution in [-0.4, -0.2) is 30.9 Å².